The fourth-order valence-electron chi connectivity index (χ4n) is 2.52. The van der Waals surface area contributed by atoms with Gasteiger partial charge in [0.1, 0.15) is 5.82 Å². The molecule has 136 valence electrons. The second kappa shape index (κ2) is 6.72. The van der Waals surface area contributed by atoms with Crippen LogP contribution in [0.2, 0.25) is 0 Å². The number of sulfonamides is 1. The van der Waals surface area contributed by atoms with Gasteiger partial charge >= 0.3 is 6.03 Å². The summed E-state index contributed by atoms with van der Waals surface area (Å²) >= 11 is 0. The second-order valence-electron chi connectivity index (χ2n) is 7.16. The van der Waals surface area contributed by atoms with Crippen molar-refractivity contribution in [3.63, 3.8) is 0 Å². The highest BCUT2D eigenvalue weighted by Crippen LogP contribution is 2.17. The van der Waals surface area contributed by atoms with Crippen molar-refractivity contribution in [2.45, 2.75) is 44.7 Å². The minimum absolute atomic E-state index is 0.0649. The molecule has 1 fully saturated rings. The van der Waals surface area contributed by atoms with E-state index in [0.717, 1.165) is 0 Å². The van der Waals surface area contributed by atoms with Gasteiger partial charge in [-0.05, 0) is 34.1 Å². The van der Waals surface area contributed by atoms with Crippen molar-refractivity contribution in [3.05, 3.63) is 12.0 Å². The minimum Gasteiger partial charge on any atom is -0.337 e. The Hall–Kier alpha value is -1.61. The van der Waals surface area contributed by atoms with Crippen LogP contribution in [0.25, 0.3) is 0 Å². The number of amides is 2. The van der Waals surface area contributed by atoms with Crippen LogP contribution in [0.5, 0.6) is 0 Å². The van der Waals surface area contributed by atoms with Crippen LogP contribution in [0.15, 0.2) is 11.2 Å². The topological polar surface area (TPSA) is 87.5 Å². The number of hydrogen-bond acceptors (Lipinski definition) is 4. The summed E-state index contributed by atoms with van der Waals surface area (Å²) in [5, 5.41) is 2.98. The summed E-state index contributed by atoms with van der Waals surface area (Å²) in [4.78, 5) is 18.1. The van der Waals surface area contributed by atoms with Crippen LogP contribution >= 0.6 is 0 Å². The molecule has 2 heterocycles. The van der Waals surface area contributed by atoms with Crippen molar-refractivity contribution in [2.75, 3.05) is 26.2 Å². The average molecular weight is 357 g/mol. The van der Waals surface area contributed by atoms with Gasteiger partial charge in [-0.25, -0.2) is 18.2 Å². The number of aromatic nitrogens is 2. The van der Waals surface area contributed by atoms with Gasteiger partial charge in [0.15, 0.2) is 5.03 Å². The molecule has 0 unspecified atom stereocenters. The summed E-state index contributed by atoms with van der Waals surface area (Å²) in [5.74, 6) is 0.648. The lowest BCUT2D eigenvalue weighted by Crippen LogP contribution is -2.49. The molecule has 0 aromatic carbocycles. The molecule has 0 aliphatic carbocycles. The fraction of sp³-hybridized carbons (Fsp3) is 0.733. The highest BCUT2D eigenvalue weighted by molar-refractivity contribution is 7.89. The minimum atomic E-state index is -3.63. The molecule has 1 aromatic heterocycles. The molecule has 0 spiro atoms. The molecule has 0 atom stereocenters. The van der Waals surface area contributed by atoms with Gasteiger partial charge in [0.2, 0.25) is 0 Å². The van der Waals surface area contributed by atoms with Crippen molar-refractivity contribution in [3.8, 4) is 0 Å². The van der Waals surface area contributed by atoms with Crippen LogP contribution in [0.3, 0.4) is 0 Å². The van der Waals surface area contributed by atoms with Crippen molar-refractivity contribution < 1.29 is 13.2 Å². The van der Waals surface area contributed by atoms with Crippen LogP contribution in [0.1, 0.15) is 33.0 Å². The second-order valence-corrected chi connectivity index (χ2v) is 9.05. The molecule has 1 aromatic rings. The van der Waals surface area contributed by atoms with E-state index in [1.165, 1.54) is 10.5 Å². The summed E-state index contributed by atoms with van der Waals surface area (Å²) in [6.45, 7) is 9.09. The molecule has 0 saturated carbocycles. The molecular formula is C15H27N5O3S. The lowest BCUT2D eigenvalue weighted by Gasteiger charge is -2.27. The standard InChI is InChI=1S/C15H27N5O3S/c1-12-16-13(11-18(12)5)24(22,23)20-8-6-7-19(9-10-20)14(21)17-15(2,3)4/h11H,6-10H2,1-5H3,(H,17,21). The summed E-state index contributed by atoms with van der Waals surface area (Å²) in [6.07, 6.45) is 2.13. The zero-order valence-corrected chi connectivity index (χ0v) is 15.9. The Morgan fingerprint density at radius 2 is 1.88 bits per heavy atom. The molecule has 0 radical (unpaired) electrons. The first-order valence-corrected chi connectivity index (χ1v) is 9.52. The number of nitrogens with one attached hydrogen (secondary N) is 1. The molecule has 1 N–H and O–H groups in total. The van der Waals surface area contributed by atoms with E-state index in [0.29, 0.717) is 31.9 Å². The summed E-state index contributed by atoms with van der Waals surface area (Å²) < 4.78 is 28.6. The fourth-order valence-corrected chi connectivity index (χ4v) is 4.01. The van der Waals surface area contributed by atoms with E-state index in [9.17, 15) is 13.2 Å². The van der Waals surface area contributed by atoms with Crippen molar-refractivity contribution in [1.29, 1.82) is 0 Å². The summed E-state index contributed by atoms with van der Waals surface area (Å²) in [7, 11) is -1.86. The normalized spacial score (nSPS) is 17.6. The highest BCUT2D eigenvalue weighted by atomic mass is 32.2. The van der Waals surface area contributed by atoms with Gasteiger partial charge in [-0.2, -0.15) is 4.31 Å². The lowest BCUT2D eigenvalue weighted by atomic mass is 10.1. The van der Waals surface area contributed by atoms with Gasteiger partial charge in [-0.15, -0.1) is 0 Å². The van der Waals surface area contributed by atoms with E-state index >= 15 is 0 Å². The Labute approximate surface area is 143 Å². The molecule has 1 saturated heterocycles. The zero-order chi connectivity index (χ0) is 18.1. The average Bonchev–Trinajstić information content (AvgIpc) is 2.67. The van der Waals surface area contributed by atoms with Gasteiger partial charge in [0.05, 0.1) is 0 Å². The van der Waals surface area contributed by atoms with Crippen LogP contribution in [-0.2, 0) is 17.1 Å². The molecule has 1 aliphatic heterocycles. The predicted molar refractivity (Wildman–Crippen MR) is 91.2 cm³/mol. The Bertz CT molecular complexity index is 686. The first kappa shape index (κ1) is 18.7. The third-order valence-corrected chi connectivity index (χ3v) is 5.69. The Morgan fingerprint density at radius 1 is 1.21 bits per heavy atom. The lowest BCUT2D eigenvalue weighted by molar-refractivity contribution is 0.191. The number of aryl methyl sites for hydroxylation is 2. The number of carbonyl (C=O) groups is 1. The number of imidazole rings is 1. The first-order chi connectivity index (χ1) is 11.0. The number of carbonyl (C=O) groups excluding carboxylic acids is 1. The molecule has 2 rings (SSSR count). The van der Waals surface area contributed by atoms with Crippen molar-refractivity contribution in [1.82, 2.24) is 24.1 Å². The van der Waals surface area contributed by atoms with E-state index in [1.807, 2.05) is 20.8 Å². The molecule has 2 amide bonds. The van der Waals surface area contributed by atoms with E-state index in [2.05, 4.69) is 10.3 Å². The van der Waals surface area contributed by atoms with Gasteiger partial charge in [0.25, 0.3) is 10.0 Å². The summed E-state index contributed by atoms with van der Waals surface area (Å²) in [6, 6.07) is -0.157. The third-order valence-electron chi connectivity index (χ3n) is 3.91. The molecule has 1 aliphatic rings. The third kappa shape index (κ3) is 4.27. The van der Waals surface area contributed by atoms with Gasteiger partial charge in [0, 0.05) is 45.0 Å². The quantitative estimate of drug-likeness (QED) is 0.853. The SMILES string of the molecule is Cc1nc(S(=O)(=O)N2CCCN(C(=O)NC(C)(C)C)CC2)cn1C. The van der Waals surface area contributed by atoms with E-state index < -0.39 is 10.0 Å². The number of hydrogen-bond donors (Lipinski definition) is 1. The van der Waals surface area contributed by atoms with Gasteiger partial charge in [-0.1, -0.05) is 0 Å². The maximum absolute atomic E-state index is 12.7. The monoisotopic (exact) mass is 357 g/mol. The predicted octanol–water partition coefficient (Wildman–Crippen LogP) is 0.933. The highest BCUT2D eigenvalue weighted by Gasteiger charge is 2.30. The van der Waals surface area contributed by atoms with Crippen LogP contribution < -0.4 is 5.32 Å². The van der Waals surface area contributed by atoms with Crippen LogP contribution in [0.4, 0.5) is 4.79 Å². The Balaban J connectivity index is 2.09. The Morgan fingerprint density at radius 3 is 2.42 bits per heavy atom. The van der Waals surface area contributed by atoms with E-state index in [-0.39, 0.29) is 23.1 Å². The molecule has 24 heavy (non-hydrogen) atoms. The summed E-state index contributed by atoms with van der Waals surface area (Å²) in [5.41, 5.74) is -0.319. The molecule has 0 bridgehead atoms. The number of nitrogens with zero attached hydrogens (tertiary/aromatic N) is 4. The van der Waals surface area contributed by atoms with Crippen molar-refractivity contribution in [2.24, 2.45) is 7.05 Å². The molecular weight excluding hydrogens is 330 g/mol. The van der Waals surface area contributed by atoms with Crippen LogP contribution in [-0.4, -0.2) is 64.9 Å². The maximum Gasteiger partial charge on any atom is 0.317 e. The largest absolute Gasteiger partial charge is 0.337 e. The van der Waals surface area contributed by atoms with E-state index in [4.69, 9.17) is 0 Å². The first-order valence-electron chi connectivity index (χ1n) is 8.08. The number of rotatable bonds is 2. The van der Waals surface area contributed by atoms with E-state index in [1.54, 1.807) is 23.4 Å². The Kier molecular flexibility index (Phi) is 5.24. The maximum atomic E-state index is 12.7. The van der Waals surface area contributed by atoms with Crippen LogP contribution in [0, 0.1) is 6.92 Å². The number of urea groups is 1. The zero-order valence-electron chi connectivity index (χ0n) is 15.0. The van der Waals surface area contributed by atoms with Gasteiger partial charge < -0.3 is 14.8 Å². The van der Waals surface area contributed by atoms with Gasteiger partial charge in [-0.3, -0.25) is 0 Å². The van der Waals surface area contributed by atoms with Crippen molar-refractivity contribution >= 4 is 16.1 Å². The molecule has 9 heteroatoms. The molecule has 8 nitrogen and oxygen atoms in total. The smallest absolute Gasteiger partial charge is 0.317 e.